The molecule has 0 aliphatic heterocycles. The Kier molecular flexibility index (Phi) is 2.59. The maximum atomic E-state index is 8.39. The van der Waals surface area contributed by atoms with Crippen molar-refractivity contribution in [2.75, 3.05) is 7.11 Å². The first-order valence-electron chi connectivity index (χ1n) is 3.51. The van der Waals surface area contributed by atoms with Gasteiger partial charge in [0.1, 0.15) is 0 Å². The van der Waals surface area contributed by atoms with E-state index in [9.17, 15) is 0 Å². The minimum absolute atomic E-state index is 0.290. The maximum absolute atomic E-state index is 8.39. The number of hydrogen-bond acceptors (Lipinski definition) is 4. The molecule has 0 spiro atoms. The van der Waals surface area contributed by atoms with Gasteiger partial charge in [0.15, 0.2) is 0 Å². The zero-order valence-corrected chi connectivity index (χ0v) is 7.03. The lowest BCUT2D eigenvalue weighted by Gasteiger charge is -2.02. The molecular weight excluding hydrogens is 154 g/mol. The Labute approximate surface area is 70.8 Å². The number of hydrogen-bond donors (Lipinski definition) is 0. The zero-order chi connectivity index (χ0) is 8.97. The first-order chi connectivity index (χ1) is 5.77. The van der Waals surface area contributed by atoms with Crippen molar-refractivity contribution in [3.8, 4) is 11.9 Å². The highest BCUT2D eigenvalue weighted by Crippen LogP contribution is 2.10. The normalized spacial score (nSPS) is 9.08. The van der Waals surface area contributed by atoms with E-state index >= 15 is 0 Å². The molecule has 12 heavy (non-hydrogen) atoms. The summed E-state index contributed by atoms with van der Waals surface area (Å²) < 4.78 is 4.92. The van der Waals surface area contributed by atoms with Crippen LogP contribution in [0, 0.1) is 18.3 Å². The van der Waals surface area contributed by atoms with Crippen LogP contribution in [0.3, 0.4) is 0 Å². The van der Waals surface area contributed by atoms with Gasteiger partial charge in [-0.3, -0.25) is 0 Å². The van der Waals surface area contributed by atoms with E-state index in [4.69, 9.17) is 10.00 Å². The Hall–Kier alpha value is -1.63. The molecule has 0 aliphatic carbocycles. The third-order valence-electron chi connectivity index (χ3n) is 1.41. The van der Waals surface area contributed by atoms with Crippen molar-refractivity contribution in [3.05, 3.63) is 17.6 Å². The molecule has 0 aliphatic rings. The third kappa shape index (κ3) is 1.70. The Balaban J connectivity index is 2.95. The van der Waals surface area contributed by atoms with Gasteiger partial charge in [0, 0.05) is 0 Å². The quantitative estimate of drug-likeness (QED) is 0.648. The van der Waals surface area contributed by atoms with E-state index < -0.39 is 0 Å². The molecule has 1 heterocycles. The zero-order valence-electron chi connectivity index (χ0n) is 7.03. The molecule has 0 bridgehead atoms. The van der Waals surface area contributed by atoms with Crippen LogP contribution in [-0.4, -0.2) is 17.1 Å². The number of nitrogens with zero attached hydrogens (tertiary/aromatic N) is 3. The standard InChI is InChI=1S/C8H9N3O/c1-6-8(12-2)10-5-7(11-6)3-4-9/h5H,3H2,1-2H3. The lowest BCUT2D eigenvalue weighted by molar-refractivity contribution is 0.391. The predicted molar refractivity (Wildman–Crippen MR) is 42.6 cm³/mol. The summed E-state index contributed by atoms with van der Waals surface area (Å²) >= 11 is 0. The van der Waals surface area contributed by atoms with Crippen molar-refractivity contribution < 1.29 is 4.74 Å². The van der Waals surface area contributed by atoms with Crippen molar-refractivity contribution in [3.63, 3.8) is 0 Å². The van der Waals surface area contributed by atoms with Crippen LogP contribution in [0.4, 0.5) is 0 Å². The molecule has 1 aromatic rings. The predicted octanol–water partition coefficient (Wildman–Crippen LogP) is 0.860. The van der Waals surface area contributed by atoms with E-state index in [1.165, 1.54) is 0 Å². The molecule has 0 atom stereocenters. The minimum Gasteiger partial charge on any atom is -0.480 e. The highest BCUT2D eigenvalue weighted by Gasteiger charge is 2.01. The van der Waals surface area contributed by atoms with E-state index in [0.717, 1.165) is 0 Å². The van der Waals surface area contributed by atoms with E-state index in [1.807, 2.05) is 6.07 Å². The van der Waals surface area contributed by atoms with Gasteiger partial charge < -0.3 is 4.74 Å². The summed E-state index contributed by atoms with van der Waals surface area (Å²) in [4.78, 5) is 8.10. The Morgan fingerprint density at radius 3 is 2.92 bits per heavy atom. The average molecular weight is 163 g/mol. The fourth-order valence-corrected chi connectivity index (χ4v) is 0.885. The van der Waals surface area contributed by atoms with Gasteiger partial charge in [0.2, 0.25) is 5.88 Å². The van der Waals surface area contributed by atoms with E-state index in [-0.39, 0.29) is 6.42 Å². The molecular formula is C8H9N3O. The lowest BCUT2D eigenvalue weighted by Crippen LogP contribution is -1.97. The van der Waals surface area contributed by atoms with E-state index in [1.54, 1.807) is 20.2 Å². The Morgan fingerprint density at radius 1 is 1.67 bits per heavy atom. The van der Waals surface area contributed by atoms with Gasteiger partial charge in [-0.1, -0.05) is 0 Å². The number of ether oxygens (including phenoxy) is 1. The summed E-state index contributed by atoms with van der Waals surface area (Å²) in [6.45, 7) is 1.80. The van der Waals surface area contributed by atoms with Crippen LogP contribution in [0.25, 0.3) is 0 Å². The van der Waals surface area contributed by atoms with Crippen LogP contribution in [0.5, 0.6) is 5.88 Å². The molecule has 0 saturated heterocycles. The van der Waals surface area contributed by atoms with Gasteiger partial charge >= 0.3 is 0 Å². The molecule has 0 radical (unpaired) electrons. The van der Waals surface area contributed by atoms with E-state index in [2.05, 4.69) is 9.97 Å². The third-order valence-corrected chi connectivity index (χ3v) is 1.41. The van der Waals surface area contributed by atoms with Crippen LogP contribution in [0.15, 0.2) is 6.20 Å². The summed E-state index contributed by atoms with van der Waals surface area (Å²) in [6.07, 6.45) is 1.84. The van der Waals surface area contributed by atoms with Gasteiger partial charge in [0.25, 0.3) is 0 Å². The van der Waals surface area contributed by atoms with Crippen molar-refractivity contribution in [1.29, 1.82) is 5.26 Å². The number of nitriles is 1. The smallest absolute Gasteiger partial charge is 0.235 e. The Morgan fingerprint density at radius 2 is 2.42 bits per heavy atom. The maximum Gasteiger partial charge on any atom is 0.235 e. The van der Waals surface area contributed by atoms with Crippen molar-refractivity contribution in [2.45, 2.75) is 13.3 Å². The van der Waals surface area contributed by atoms with Crippen molar-refractivity contribution >= 4 is 0 Å². The molecule has 0 saturated carbocycles. The Bertz CT molecular complexity index is 317. The van der Waals surface area contributed by atoms with Gasteiger partial charge in [-0.15, -0.1) is 0 Å². The fourth-order valence-electron chi connectivity index (χ4n) is 0.885. The monoisotopic (exact) mass is 163 g/mol. The molecule has 1 aromatic heterocycles. The van der Waals surface area contributed by atoms with Crippen LogP contribution in [0.2, 0.25) is 0 Å². The second-order valence-electron chi connectivity index (χ2n) is 2.29. The van der Waals surface area contributed by atoms with Crippen LogP contribution in [-0.2, 0) is 6.42 Å². The molecule has 0 unspecified atom stereocenters. The second kappa shape index (κ2) is 3.67. The molecule has 0 amide bonds. The highest BCUT2D eigenvalue weighted by molar-refractivity contribution is 5.19. The SMILES string of the molecule is COc1ncc(CC#N)nc1C. The summed E-state index contributed by atoms with van der Waals surface area (Å²) in [5.74, 6) is 0.511. The number of rotatable bonds is 2. The van der Waals surface area contributed by atoms with Gasteiger partial charge in [-0.25, -0.2) is 9.97 Å². The molecule has 4 heteroatoms. The van der Waals surface area contributed by atoms with Crippen molar-refractivity contribution in [2.24, 2.45) is 0 Å². The highest BCUT2D eigenvalue weighted by atomic mass is 16.5. The first-order valence-corrected chi connectivity index (χ1v) is 3.51. The summed E-state index contributed by atoms with van der Waals surface area (Å²) in [6, 6.07) is 2.01. The van der Waals surface area contributed by atoms with Crippen LogP contribution >= 0.6 is 0 Å². The number of aryl methyl sites for hydroxylation is 1. The van der Waals surface area contributed by atoms with Crippen molar-refractivity contribution in [1.82, 2.24) is 9.97 Å². The van der Waals surface area contributed by atoms with Crippen LogP contribution in [0.1, 0.15) is 11.4 Å². The average Bonchev–Trinajstić information content (AvgIpc) is 2.05. The molecule has 0 aromatic carbocycles. The molecule has 62 valence electrons. The summed E-state index contributed by atoms with van der Waals surface area (Å²) in [7, 11) is 1.54. The lowest BCUT2D eigenvalue weighted by atomic mass is 10.3. The number of aromatic nitrogens is 2. The molecule has 1 rings (SSSR count). The van der Waals surface area contributed by atoms with Gasteiger partial charge in [-0.05, 0) is 6.92 Å². The summed E-state index contributed by atoms with van der Waals surface area (Å²) in [5.41, 5.74) is 1.39. The van der Waals surface area contributed by atoms with Gasteiger partial charge in [-0.2, -0.15) is 5.26 Å². The fraction of sp³-hybridized carbons (Fsp3) is 0.375. The molecule has 0 N–H and O–H groups in total. The number of methoxy groups -OCH3 is 1. The minimum atomic E-state index is 0.290. The summed E-state index contributed by atoms with van der Waals surface area (Å²) in [5, 5.41) is 8.39. The first kappa shape index (κ1) is 8.47. The molecule has 0 fully saturated rings. The van der Waals surface area contributed by atoms with Crippen LogP contribution < -0.4 is 4.74 Å². The topological polar surface area (TPSA) is 58.8 Å². The largest absolute Gasteiger partial charge is 0.480 e. The molecule has 4 nitrogen and oxygen atoms in total. The van der Waals surface area contributed by atoms with E-state index in [0.29, 0.717) is 17.3 Å². The van der Waals surface area contributed by atoms with Gasteiger partial charge in [0.05, 0.1) is 37.2 Å². The second-order valence-corrected chi connectivity index (χ2v) is 2.29.